The second-order valence-corrected chi connectivity index (χ2v) is 6.45. The molecule has 1 aromatic carbocycles. The molecule has 1 nitrogen and oxygen atoms in total. The highest BCUT2D eigenvalue weighted by atomic mass is 14.9. The molecule has 1 aromatic rings. The number of piperidine rings is 1. The van der Waals surface area contributed by atoms with Crippen LogP contribution in [0.3, 0.4) is 0 Å². The number of hydrogen-bond acceptors (Lipinski definition) is 1. The molecule has 94 valence electrons. The maximum absolute atomic E-state index is 3.51. The van der Waals surface area contributed by atoms with E-state index in [0.717, 1.165) is 12.5 Å². The van der Waals surface area contributed by atoms with Gasteiger partial charge in [0, 0.05) is 6.54 Å². The molecule has 17 heavy (non-hydrogen) atoms. The van der Waals surface area contributed by atoms with E-state index in [4.69, 9.17) is 0 Å². The lowest BCUT2D eigenvalue weighted by Gasteiger charge is -2.30. The fourth-order valence-electron chi connectivity index (χ4n) is 2.67. The minimum absolute atomic E-state index is 0.259. The maximum atomic E-state index is 3.51. The van der Waals surface area contributed by atoms with E-state index in [9.17, 15) is 0 Å². The molecule has 2 unspecified atom stereocenters. The van der Waals surface area contributed by atoms with Crippen LogP contribution in [0.1, 0.15) is 51.2 Å². The largest absolute Gasteiger partial charge is 0.316 e. The standard InChI is InChI=1S/C16H25N/c1-12-9-10-17-11-15(12)13-5-7-14(8-6-13)16(2,3)4/h5-8,12,15,17H,9-11H2,1-4H3. The van der Waals surface area contributed by atoms with E-state index in [1.807, 2.05) is 0 Å². The van der Waals surface area contributed by atoms with Gasteiger partial charge in [-0.15, -0.1) is 0 Å². The molecule has 0 spiro atoms. The average Bonchev–Trinajstić information content (AvgIpc) is 2.29. The van der Waals surface area contributed by atoms with Crippen LogP contribution in [0.15, 0.2) is 24.3 Å². The zero-order valence-corrected chi connectivity index (χ0v) is 11.6. The Bertz CT molecular complexity index is 358. The first-order valence-corrected chi connectivity index (χ1v) is 6.79. The normalized spacial score (nSPS) is 25.9. The lowest BCUT2D eigenvalue weighted by molar-refractivity contribution is 0.348. The second-order valence-electron chi connectivity index (χ2n) is 6.45. The van der Waals surface area contributed by atoms with Crippen molar-refractivity contribution in [1.29, 1.82) is 0 Å². The monoisotopic (exact) mass is 231 g/mol. The van der Waals surface area contributed by atoms with E-state index in [1.165, 1.54) is 24.1 Å². The van der Waals surface area contributed by atoms with E-state index in [1.54, 1.807) is 0 Å². The Balaban J connectivity index is 2.17. The molecule has 1 saturated heterocycles. The Kier molecular flexibility index (Phi) is 3.58. The van der Waals surface area contributed by atoms with Crippen LogP contribution in [0.4, 0.5) is 0 Å². The van der Waals surface area contributed by atoms with Crippen molar-refractivity contribution in [2.75, 3.05) is 13.1 Å². The van der Waals surface area contributed by atoms with Gasteiger partial charge in [-0.3, -0.25) is 0 Å². The molecule has 0 amide bonds. The van der Waals surface area contributed by atoms with Gasteiger partial charge in [0.25, 0.3) is 0 Å². The Morgan fingerprint density at radius 2 is 1.76 bits per heavy atom. The van der Waals surface area contributed by atoms with Crippen molar-refractivity contribution in [2.45, 2.75) is 45.4 Å². The van der Waals surface area contributed by atoms with E-state index in [2.05, 4.69) is 57.3 Å². The SMILES string of the molecule is CC1CCNCC1c1ccc(C(C)(C)C)cc1. The van der Waals surface area contributed by atoms with Gasteiger partial charge in [0.2, 0.25) is 0 Å². The Labute approximate surface area is 106 Å². The first-order valence-electron chi connectivity index (χ1n) is 6.79. The highest BCUT2D eigenvalue weighted by Crippen LogP contribution is 2.30. The third-order valence-corrected chi connectivity index (χ3v) is 4.03. The number of hydrogen-bond donors (Lipinski definition) is 1. The second kappa shape index (κ2) is 4.81. The fraction of sp³-hybridized carbons (Fsp3) is 0.625. The van der Waals surface area contributed by atoms with Crippen molar-refractivity contribution in [3.8, 4) is 0 Å². The van der Waals surface area contributed by atoms with Crippen molar-refractivity contribution >= 4 is 0 Å². The van der Waals surface area contributed by atoms with Crippen LogP contribution < -0.4 is 5.32 Å². The average molecular weight is 231 g/mol. The highest BCUT2D eigenvalue weighted by Gasteiger charge is 2.23. The Hall–Kier alpha value is -0.820. The summed E-state index contributed by atoms with van der Waals surface area (Å²) in [7, 11) is 0. The molecule has 0 aromatic heterocycles. The Morgan fingerprint density at radius 1 is 1.12 bits per heavy atom. The summed E-state index contributed by atoms with van der Waals surface area (Å²) in [6, 6.07) is 9.26. The molecule has 0 bridgehead atoms. The van der Waals surface area contributed by atoms with Crippen molar-refractivity contribution in [2.24, 2.45) is 5.92 Å². The summed E-state index contributed by atoms with van der Waals surface area (Å²) in [6.45, 7) is 11.5. The number of nitrogens with one attached hydrogen (secondary N) is 1. The van der Waals surface area contributed by atoms with E-state index < -0.39 is 0 Å². The summed E-state index contributed by atoms with van der Waals surface area (Å²) in [5.41, 5.74) is 3.19. The number of rotatable bonds is 1. The van der Waals surface area contributed by atoms with Crippen LogP contribution in [-0.2, 0) is 5.41 Å². The molecule has 1 heteroatoms. The summed E-state index contributed by atoms with van der Waals surface area (Å²) in [5, 5.41) is 3.51. The van der Waals surface area contributed by atoms with Crippen LogP contribution in [0, 0.1) is 5.92 Å². The van der Waals surface area contributed by atoms with Gasteiger partial charge in [0.05, 0.1) is 0 Å². The van der Waals surface area contributed by atoms with Crippen molar-refractivity contribution in [3.05, 3.63) is 35.4 Å². The van der Waals surface area contributed by atoms with E-state index >= 15 is 0 Å². The van der Waals surface area contributed by atoms with Crippen LogP contribution in [0.2, 0.25) is 0 Å². The summed E-state index contributed by atoms with van der Waals surface area (Å²) in [5.74, 6) is 1.49. The molecule has 0 radical (unpaired) electrons. The van der Waals surface area contributed by atoms with Gasteiger partial charge in [-0.1, -0.05) is 52.0 Å². The van der Waals surface area contributed by atoms with Gasteiger partial charge < -0.3 is 5.32 Å². The molecule has 0 aliphatic carbocycles. The van der Waals surface area contributed by atoms with Crippen molar-refractivity contribution in [1.82, 2.24) is 5.32 Å². The lowest BCUT2D eigenvalue weighted by atomic mass is 9.80. The smallest absolute Gasteiger partial charge is 0.00227 e. The topological polar surface area (TPSA) is 12.0 Å². The predicted molar refractivity (Wildman–Crippen MR) is 74.5 cm³/mol. The molecule has 0 saturated carbocycles. The number of benzene rings is 1. The van der Waals surface area contributed by atoms with Gasteiger partial charge >= 0.3 is 0 Å². The first-order chi connectivity index (χ1) is 7.98. The quantitative estimate of drug-likeness (QED) is 0.777. The minimum atomic E-state index is 0.259. The summed E-state index contributed by atoms with van der Waals surface area (Å²) >= 11 is 0. The molecule has 1 N–H and O–H groups in total. The zero-order chi connectivity index (χ0) is 12.5. The summed E-state index contributed by atoms with van der Waals surface area (Å²) in [6.07, 6.45) is 1.30. The van der Waals surface area contributed by atoms with Crippen molar-refractivity contribution < 1.29 is 0 Å². The molecule has 1 heterocycles. The predicted octanol–water partition coefficient (Wildman–Crippen LogP) is 3.70. The van der Waals surface area contributed by atoms with E-state index in [-0.39, 0.29) is 5.41 Å². The van der Waals surface area contributed by atoms with Gasteiger partial charge in [-0.05, 0) is 41.3 Å². The maximum Gasteiger partial charge on any atom is 0.00227 e. The van der Waals surface area contributed by atoms with Crippen LogP contribution in [0.5, 0.6) is 0 Å². The third-order valence-electron chi connectivity index (χ3n) is 4.03. The third kappa shape index (κ3) is 2.90. The molecule has 2 rings (SSSR count). The zero-order valence-electron chi connectivity index (χ0n) is 11.6. The molecule has 1 fully saturated rings. The molecule has 2 atom stereocenters. The van der Waals surface area contributed by atoms with Gasteiger partial charge in [-0.25, -0.2) is 0 Å². The summed E-state index contributed by atoms with van der Waals surface area (Å²) < 4.78 is 0. The van der Waals surface area contributed by atoms with Gasteiger partial charge in [0.1, 0.15) is 0 Å². The van der Waals surface area contributed by atoms with Gasteiger partial charge in [-0.2, -0.15) is 0 Å². The van der Waals surface area contributed by atoms with Crippen LogP contribution in [-0.4, -0.2) is 13.1 Å². The minimum Gasteiger partial charge on any atom is -0.316 e. The van der Waals surface area contributed by atoms with Gasteiger partial charge in [0.15, 0.2) is 0 Å². The van der Waals surface area contributed by atoms with Crippen molar-refractivity contribution in [3.63, 3.8) is 0 Å². The molecular formula is C16H25N. The molecule has 1 aliphatic heterocycles. The fourth-order valence-corrected chi connectivity index (χ4v) is 2.67. The van der Waals surface area contributed by atoms with Crippen LogP contribution >= 0.6 is 0 Å². The molecule has 1 aliphatic rings. The first kappa shape index (κ1) is 12.6. The Morgan fingerprint density at radius 3 is 2.29 bits per heavy atom. The highest BCUT2D eigenvalue weighted by molar-refractivity contribution is 5.30. The van der Waals surface area contributed by atoms with E-state index in [0.29, 0.717) is 5.92 Å². The van der Waals surface area contributed by atoms with Crippen LogP contribution in [0.25, 0.3) is 0 Å². The molecular weight excluding hydrogens is 206 g/mol. The summed E-state index contributed by atoms with van der Waals surface area (Å²) in [4.78, 5) is 0. The lowest BCUT2D eigenvalue weighted by Crippen LogP contribution is -2.33.